The van der Waals surface area contributed by atoms with Gasteiger partial charge in [0.25, 0.3) is 0 Å². The number of aromatic nitrogens is 1. The van der Waals surface area contributed by atoms with Crippen LogP contribution in [0.4, 0.5) is 0 Å². The fourth-order valence-electron chi connectivity index (χ4n) is 3.22. The molecule has 0 saturated heterocycles. The maximum absolute atomic E-state index is 11.9. The second-order valence-corrected chi connectivity index (χ2v) is 5.85. The van der Waals surface area contributed by atoms with Crippen LogP contribution in [0.1, 0.15) is 29.7 Å². The Kier molecular flexibility index (Phi) is 3.74. The minimum atomic E-state index is -0.673. The van der Waals surface area contributed by atoms with Gasteiger partial charge in [-0.3, -0.25) is 9.78 Å². The van der Waals surface area contributed by atoms with E-state index in [-0.39, 0.29) is 0 Å². The third kappa shape index (κ3) is 2.82. The summed E-state index contributed by atoms with van der Waals surface area (Å²) in [5.74, 6) is -0.673. The standard InChI is InChI=1S/C18H19NO2/c20-17(21)18(11-9-16-7-3-4-12-19-16)10-8-14-5-1-2-6-15(14)13-18/h1-7,12H,8-11,13H2,(H,20,21). The van der Waals surface area contributed by atoms with Crippen molar-refractivity contribution >= 4 is 5.97 Å². The lowest BCUT2D eigenvalue weighted by Crippen LogP contribution is -2.37. The van der Waals surface area contributed by atoms with E-state index in [9.17, 15) is 9.90 Å². The van der Waals surface area contributed by atoms with Gasteiger partial charge in [-0.25, -0.2) is 0 Å². The highest BCUT2D eigenvalue weighted by Gasteiger charge is 2.40. The Labute approximate surface area is 124 Å². The summed E-state index contributed by atoms with van der Waals surface area (Å²) in [4.78, 5) is 16.2. The molecule has 1 aromatic heterocycles. The Morgan fingerprint density at radius 2 is 1.90 bits per heavy atom. The number of hydrogen-bond acceptors (Lipinski definition) is 2. The van der Waals surface area contributed by atoms with Crippen molar-refractivity contribution < 1.29 is 9.90 Å². The van der Waals surface area contributed by atoms with Crippen LogP contribution in [-0.4, -0.2) is 16.1 Å². The molecule has 0 bridgehead atoms. The summed E-state index contributed by atoms with van der Waals surface area (Å²) in [5, 5.41) is 9.77. The molecule has 1 atom stereocenters. The van der Waals surface area contributed by atoms with Crippen LogP contribution in [0.25, 0.3) is 0 Å². The Balaban J connectivity index is 1.80. The van der Waals surface area contributed by atoms with Gasteiger partial charge in [-0.2, -0.15) is 0 Å². The zero-order valence-corrected chi connectivity index (χ0v) is 12.0. The van der Waals surface area contributed by atoms with E-state index in [0.717, 1.165) is 18.5 Å². The van der Waals surface area contributed by atoms with Crippen molar-refractivity contribution in [3.8, 4) is 0 Å². The van der Waals surface area contributed by atoms with Crippen LogP contribution in [0.15, 0.2) is 48.7 Å². The van der Waals surface area contributed by atoms with Crippen LogP contribution >= 0.6 is 0 Å². The third-order valence-electron chi connectivity index (χ3n) is 4.56. The monoisotopic (exact) mass is 281 g/mol. The molecule has 2 aromatic rings. The number of nitrogens with zero attached hydrogens (tertiary/aromatic N) is 1. The van der Waals surface area contributed by atoms with E-state index in [4.69, 9.17) is 0 Å². The van der Waals surface area contributed by atoms with Gasteiger partial charge in [0.1, 0.15) is 0 Å². The first-order valence-corrected chi connectivity index (χ1v) is 7.40. The molecule has 108 valence electrons. The third-order valence-corrected chi connectivity index (χ3v) is 4.56. The molecule has 1 aliphatic carbocycles. The second kappa shape index (κ2) is 5.68. The van der Waals surface area contributed by atoms with Crippen molar-refractivity contribution in [2.45, 2.75) is 32.1 Å². The summed E-state index contributed by atoms with van der Waals surface area (Å²) in [7, 11) is 0. The molecule has 0 amide bonds. The summed E-state index contributed by atoms with van der Waals surface area (Å²) < 4.78 is 0. The number of carboxylic acid groups (broad SMARTS) is 1. The fraction of sp³-hybridized carbons (Fsp3) is 0.333. The summed E-state index contributed by atoms with van der Waals surface area (Å²) in [6.45, 7) is 0. The Hall–Kier alpha value is -2.16. The Morgan fingerprint density at radius 1 is 1.14 bits per heavy atom. The normalized spacial score (nSPS) is 20.8. The maximum atomic E-state index is 11.9. The van der Waals surface area contributed by atoms with Gasteiger partial charge in [0.15, 0.2) is 0 Å². The van der Waals surface area contributed by atoms with Crippen LogP contribution in [0, 0.1) is 5.41 Å². The zero-order chi connectivity index (χ0) is 14.7. The van der Waals surface area contributed by atoms with Crippen molar-refractivity contribution in [1.82, 2.24) is 4.98 Å². The SMILES string of the molecule is O=C(O)C1(CCc2ccccn2)CCc2ccccc2C1. The van der Waals surface area contributed by atoms with E-state index < -0.39 is 11.4 Å². The van der Waals surface area contributed by atoms with Crippen molar-refractivity contribution in [3.05, 3.63) is 65.5 Å². The molecule has 3 nitrogen and oxygen atoms in total. The zero-order valence-electron chi connectivity index (χ0n) is 12.0. The molecule has 3 rings (SSSR count). The first-order valence-electron chi connectivity index (χ1n) is 7.40. The number of pyridine rings is 1. The van der Waals surface area contributed by atoms with E-state index in [0.29, 0.717) is 19.3 Å². The maximum Gasteiger partial charge on any atom is 0.309 e. The number of aryl methyl sites for hydroxylation is 2. The van der Waals surface area contributed by atoms with Crippen LogP contribution in [0.5, 0.6) is 0 Å². The first-order chi connectivity index (χ1) is 10.2. The van der Waals surface area contributed by atoms with E-state index in [1.807, 2.05) is 30.3 Å². The summed E-state index contributed by atoms with van der Waals surface area (Å²) in [6.07, 6.45) is 5.32. The molecule has 1 aliphatic rings. The van der Waals surface area contributed by atoms with Crippen molar-refractivity contribution in [2.24, 2.45) is 5.41 Å². The Morgan fingerprint density at radius 3 is 2.62 bits per heavy atom. The minimum Gasteiger partial charge on any atom is -0.481 e. The highest BCUT2D eigenvalue weighted by molar-refractivity contribution is 5.75. The largest absolute Gasteiger partial charge is 0.481 e. The van der Waals surface area contributed by atoms with Crippen LogP contribution in [0.2, 0.25) is 0 Å². The second-order valence-electron chi connectivity index (χ2n) is 5.85. The molecule has 1 heterocycles. The molecule has 1 unspecified atom stereocenters. The summed E-state index contributed by atoms with van der Waals surface area (Å²) in [5.41, 5.74) is 2.81. The molecule has 0 radical (unpaired) electrons. The number of carboxylic acids is 1. The van der Waals surface area contributed by atoms with Crippen LogP contribution in [0.3, 0.4) is 0 Å². The molecule has 21 heavy (non-hydrogen) atoms. The molecular formula is C18H19NO2. The van der Waals surface area contributed by atoms with E-state index in [1.54, 1.807) is 6.20 Å². The van der Waals surface area contributed by atoms with Crippen LogP contribution in [-0.2, 0) is 24.1 Å². The molecule has 1 N–H and O–H groups in total. The van der Waals surface area contributed by atoms with E-state index >= 15 is 0 Å². The smallest absolute Gasteiger partial charge is 0.309 e. The average Bonchev–Trinajstić information content (AvgIpc) is 2.53. The predicted molar refractivity (Wildman–Crippen MR) is 81.1 cm³/mol. The molecule has 0 aliphatic heterocycles. The average molecular weight is 281 g/mol. The molecular weight excluding hydrogens is 262 g/mol. The summed E-state index contributed by atoms with van der Waals surface area (Å²) >= 11 is 0. The molecule has 0 saturated carbocycles. The number of aliphatic carboxylic acids is 1. The van der Waals surface area contributed by atoms with E-state index in [2.05, 4.69) is 17.1 Å². The van der Waals surface area contributed by atoms with Crippen molar-refractivity contribution in [3.63, 3.8) is 0 Å². The van der Waals surface area contributed by atoms with Gasteiger partial charge in [0.2, 0.25) is 0 Å². The topological polar surface area (TPSA) is 50.2 Å². The molecule has 1 aromatic carbocycles. The van der Waals surface area contributed by atoms with Gasteiger partial charge >= 0.3 is 5.97 Å². The van der Waals surface area contributed by atoms with Gasteiger partial charge in [-0.15, -0.1) is 0 Å². The van der Waals surface area contributed by atoms with Gasteiger partial charge < -0.3 is 5.11 Å². The number of rotatable bonds is 4. The number of carbonyl (C=O) groups is 1. The lowest BCUT2D eigenvalue weighted by molar-refractivity contribution is -0.150. The van der Waals surface area contributed by atoms with Crippen molar-refractivity contribution in [1.29, 1.82) is 0 Å². The molecule has 0 fully saturated rings. The minimum absolute atomic E-state index is 0.630. The highest BCUT2D eigenvalue weighted by atomic mass is 16.4. The molecule has 3 heteroatoms. The highest BCUT2D eigenvalue weighted by Crippen LogP contribution is 2.39. The van der Waals surface area contributed by atoms with Crippen molar-refractivity contribution in [2.75, 3.05) is 0 Å². The lowest BCUT2D eigenvalue weighted by atomic mass is 9.69. The number of fused-ring (bicyclic) bond motifs is 1. The van der Waals surface area contributed by atoms with Gasteiger partial charge in [-0.1, -0.05) is 30.3 Å². The quantitative estimate of drug-likeness (QED) is 0.935. The predicted octanol–water partition coefficient (Wildman–Crippen LogP) is 3.27. The molecule has 0 spiro atoms. The summed E-state index contributed by atoms with van der Waals surface area (Å²) in [6, 6.07) is 14.0. The fourth-order valence-corrected chi connectivity index (χ4v) is 3.22. The van der Waals surface area contributed by atoms with Gasteiger partial charge in [0, 0.05) is 11.9 Å². The van der Waals surface area contributed by atoms with E-state index in [1.165, 1.54) is 11.1 Å². The van der Waals surface area contributed by atoms with Gasteiger partial charge in [0.05, 0.1) is 5.41 Å². The number of hydrogen-bond donors (Lipinski definition) is 1. The Bertz CT molecular complexity index is 639. The number of benzene rings is 1. The lowest BCUT2D eigenvalue weighted by Gasteiger charge is -2.34. The van der Waals surface area contributed by atoms with Crippen LogP contribution < -0.4 is 0 Å². The van der Waals surface area contributed by atoms with Gasteiger partial charge in [-0.05, 0) is 55.4 Å². The first kappa shape index (κ1) is 13.8.